The Morgan fingerprint density at radius 2 is 1.11 bits per heavy atom. The molecule has 27 heavy (non-hydrogen) atoms. The number of unbranched alkanes of at least 4 members (excludes halogenated alkanes) is 13. The molecular weight excluding hydrogens is 422 g/mol. The van der Waals surface area contributed by atoms with Crippen LogP contribution in [0.25, 0.3) is 0 Å². The summed E-state index contributed by atoms with van der Waals surface area (Å²) in [5.74, 6) is 0. The van der Waals surface area contributed by atoms with Crippen LogP contribution in [0.15, 0.2) is 24.3 Å². The quantitative estimate of drug-likeness (QED) is 0.136. The number of benzene rings is 1. The van der Waals surface area contributed by atoms with Crippen molar-refractivity contribution in [2.75, 3.05) is 17.2 Å². The first kappa shape index (κ1) is 24.5. The van der Waals surface area contributed by atoms with E-state index >= 15 is 0 Å². The average molecular weight is 459 g/mol. The van der Waals surface area contributed by atoms with E-state index in [1.165, 1.54) is 89.9 Å². The Hall–Kier alpha value is -0.540. The smallest absolute Gasteiger partial charge is 0.252 e. The second kappa shape index (κ2) is 17.6. The third kappa shape index (κ3) is 14.2. The van der Waals surface area contributed by atoms with Crippen molar-refractivity contribution in [2.24, 2.45) is 0 Å². The Balaban J connectivity index is 1.81. The number of anilines is 1. The van der Waals surface area contributed by atoms with Gasteiger partial charge in [-0.1, -0.05) is 93.0 Å². The van der Waals surface area contributed by atoms with Gasteiger partial charge in [-0.05, 0) is 48.7 Å². The number of alkyl halides is 1. The molecule has 0 saturated heterocycles. The molecule has 0 aliphatic carbocycles. The number of hydrogen-bond donors (Lipinski definition) is 1. The molecule has 0 radical (unpaired) electrons. The van der Waals surface area contributed by atoms with Gasteiger partial charge in [0.15, 0.2) is 0 Å². The first-order valence-corrected chi connectivity index (χ1v) is 12.3. The van der Waals surface area contributed by atoms with Crippen LogP contribution in [-0.4, -0.2) is 17.1 Å². The lowest BCUT2D eigenvalue weighted by Crippen LogP contribution is -2.01. The van der Waals surface area contributed by atoms with E-state index in [1.54, 1.807) is 12.1 Å². The summed E-state index contributed by atoms with van der Waals surface area (Å²) in [6, 6.07) is 7.36. The fraction of sp³-hybridized carbons (Fsp3) is 0.696. The summed E-state index contributed by atoms with van der Waals surface area (Å²) >= 11 is 8.94. The van der Waals surface area contributed by atoms with Gasteiger partial charge in [-0.25, -0.2) is 0 Å². The lowest BCUT2D eigenvalue weighted by molar-refractivity contribution is 0.108. The number of nitrogens with one attached hydrogen (secondary N) is 1. The SMILES string of the molecule is O=C(Cl)c1ccc(NCCCCCCCCCCCCCCCCBr)cc1. The Kier molecular flexibility index (Phi) is 15.9. The van der Waals surface area contributed by atoms with Gasteiger partial charge in [0, 0.05) is 23.1 Å². The molecule has 0 bridgehead atoms. The van der Waals surface area contributed by atoms with E-state index in [2.05, 4.69) is 21.2 Å². The zero-order chi connectivity index (χ0) is 19.6. The summed E-state index contributed by atoms with van der Waals surface area (Å²) in [5.41, 5.74) is 1.60. The molecule has 0 spiro atoms. The van der Waals surface area contributed by atoms with Gasteiger partial charge < -0.3 is 5.32 Å². The predicted molar refractivity (Wildman–Crippen MR) is 124 cm³/mol. The summed E-state index contributed by atoms with van der Waals surface area (Å²) < 4.78 is 0. The average Bonchev–Trinajstić information content (AvgIpc) is 2.68. The third-order valence-corrected chi connectivity index (χ3v) is 5.78. The maximum atomic E-state index is 11.0. The van der Waals surface area contributed by atoms with Crippen molar-refractivity contribution in [1.82, 2.24) is 0 Å². The van der Waals surface area contributed by atoms with Crippen LogP contribution in [-0.2, 0) is 0 Å². The van der Waals surface area contributed by atoms with Gasteiger partial charge in [0.2, 0.25) is 0 Å². The van der Waals surface area contributed by atoms with Gasteiger partial charge in [0.1, 0.15) is 0 Å². The second-order valence-corrected chi connectivity index (χ2v) is 8.55. The predicted octanol–water partition coefficient (Wildman–Crippen LogP) is 8.33. The minimum absolute atomic E-state index is 0.401. The van der Waals surface area contributed by atoms with E-state index in [1.807, 2.05) is 12.1 Å². The summed E-state index contributed by atoms with van der Waals surface area (Å²) in [7, 11) is 0. The Bertz CT molecular complexity index is 478. The minimum Gasteiger partial charge on any atom is -0.385 e. The molecule has 1 aromatic rings. The molecule has 2 nitrogen and oxygen atoms in total. The van der Waals surface area contributed by atoms with Crippen molar-refractivity contribution in [2.45, 2.75) is 89.9 Å². The molecule has 0 aliphatic rings. The number of carbonyl (C=O) groups excluding carboxylic acids is 1. The van der Waals surface area contributed by atoms with Crippen LogP contribution < -0.4 is 5.32 Å². The molecule has 0 fully saturated rings. The fourth-order valence-corrected chi connectivity index (χ4v) is 3.82. The van der Waals surface area contributed by atoms with Gasteiger partial charge in [0.05, 0.1) is 0 Å². The van der Waals surface area contributed by atoms with Crippen molar-refractivity contribution in [1.29, 1.82) is 0 Å². The highest BCUT2D eigenvalue weighted by atomic mass is 79.9. The molecule has 1 rings (SSSR count). The van der Waals surface area contributed by atoms with Gasteiger partial charge in [-0.3, -0.25) is 4.79 Å². The molecule has 0 aliphatic heterocycles. The van der Waals surface area contributed by atoms with E-state index < -0.39 is 5.24 Å². The number of hydrogen-bond acceptors (Lipinski definition) is 2. The molecule has 0 amide bonds. The monoisotopic (exact) mass is 457 g/mol. The van der Waals surface area contributed by atoms with E-state index in [0.29, 0.717) is 5.56 Å². The standard InChI is InChI=1S/C23H37BrClNO/c24-19-13-11-9-7-5-3-1-2-4-6-8-10-12-14-20-26-22-17-15-21(16-18-22)23(25)27/h15-18,26H,1-14,19-20H2. The molecule has 0 unspecified atom stereocenters. The van der Waals surface area contributed by atoms with Gasteiger partial charge in [-0.2, -0.15) is 0 Å². The topological polar surface area (TPSA) is 29.1 Å². The van der Waals surface area contributed by atoms with Crippen LogP contribution >= 0.6 is 27.5 Å². The molecular formula is C23H37BrClNO. The van der Waals surface area contributed by atoms with Crippen LogP contribution in [0.2, 0.25) is 0 Å². The Labute approximate surface area is 180 Å². The minimum atomic E-state index is -0.401. The molecule has 0 aromatic heterocycles. The van der Waals surface area contributed by atoms with Gasteiger partial charge >= 0.3 is 0 Å². The Morgan fingerprint density at radius 1 is 0.704 bits per heavy atom. The van der Waals surface area contributed by atoms with Crippen LogP contribution in [0, 0.1) is 0 Å². The maximum absolute atomic E-state index is 11.0. The molecule has 1 N–H and O–H groups in total. The molecule has 0 saturated carbocycles. The van der Waals surface area contributed by atoms with Crippen molar-refractivity contribution < 1.29 is 4.79 Å². The zero-order valence-corrected chi connectivity index (χ0v) is 19.1. The number of rotatable bonds is 18. The first-order valence-electron chi connectivity index (χ1n) is 10.8. The zero-order valence-electron chi connectivity index (χ0n) is 16.8. The highest BCUT2D eigenvalue weighted by Gasteiger charge is 2.00. The lowest BCUT2D eigenvalue weighted by atomic mass is 10.0. The van der Waals surface area contributed by atoms with E-state index in [9.17, 15) is 4.79 Å². The van der Waals surface area contributed by atoms with Crippen LogP contribution in [0.5, 0.6) is 0 Å². The Morgan fingerprint density at radius 3 is 1.52 bits per heavy atom. The molecule has 0 heterocycles. The highest BCUT2D eigenvalue weighted by Crippen LogP contribution is 2.14. The number of halogens is 2. The van der Waals surface area contributed by atoms with Crippen molar-refractivity contribution in [3.05, 3.63) is 29.8 Å². The largest absolute Gasteiger partial charge is 0.385 e. The molecule has 4 heteroatoms. The van der Waals surface area contributed by atoms with Crippen molar-refractivity contribution >= 4 is 38.5 Å². The third-order valence-electron chi connectivity index (χ3n) is 5.00. The molecule has 1 aromatic carbocycles. The van der Waals surface area contributed by atoms with Crippen LogP contribution in [0.1, 0.15) is 100 Å². The number of carbonyl (C=O) groups is 1. The van der Waals surface area contributed by atoms with Gasteiger partial charge in [0.25, 0.3) is 5.24 Å². The van der Waals surface area contributed by atoms with E-state index in [-0.39, 0.29) is 0 Å². The van der Waals surface area contributed by atoms with Crippen LogP contribution in [0.4, 0.5) is 5.69 Å². The van der Waals surface area contributed by atoms with Crippen molar-refractivity contribution in [3.63, 3.8) is 0 Å². The maximum Gasteiger partial charge on any atom is 0.252 e. The van der Waals surface area contributed by atoms with E-state index in [0.717, 1.165) is 17.6 Å². The lowest BCUT2D eigenvalue weighted by Gasteiger charge is -2.07. The summed E-state index contributed by atoms with van der Waals surface area (Å²) in [6.07, 6.45) is 19.3. The molecule has 154 valence electrons. The fourth-order valence-electron chi connectivity index (χ4n) is 3.29. The van der Waals surface area contributed by atoms with Crippen molar-refractivity contribution in [3.8, 4) is 0 Å². The second-order valence-electron chi connectivity index (χ2n) is 7.42. The normalized spacial score (nSPS) is 10.9. The van der Waals surface area contributed by atoms with E-state index in [4.69, 9.17) is 11.6 Å². The van der Waals surface area contributed by atoms with Crippen LogP contribution in [0.3, 0.4) is 0 Å². The first-order chi connectivity index (χ1) is 13.2. The summed E-state index contributed by atoms with van der Waals surface area (Å²) in [4.78, 5) is 11.0. The highest BCUT2D eigenvalue weighted by molar-refractivity contribution is 9.09. The summed E-state index contributed by atoms with van der Waals surface area (Å²) in [5, 5.41) is 4.16. The molecule has 0 atom stereocenters. The van der Waals surface area contributed by atoms with Gasteiger partial charge in [-0.15, -0.1) is 0 Å². The summed E-state index contributed by atoms with van der Waals surface area (Å²) in [6.45, 7) is 0.990.